The Morgan fingerprint density at radius 3 is 1.53 bits per heavy atom. The molecular weight excluding hydrogens is 196 g/mol. The topological polar surface area (TPSA) is 52.6 Å². The lowest BCUT2D eigenvalue weighted by molar-refractivity contribution is -0.165. The van der Waals surface area contributed by atoms with Gasteiger partial charge in [0.05, 0.1) is 13.2 Å². The molecule has 0 amide bonds. The zero-order valence-electron chi connectivity index (χ0n) is 9.70. The van der Waals surface area contributed by atoms with Crippen LogP contribution in [0.3, 0.4) is 0 Å². The fourth-order valence-corrected chi connectivity index (χ4v) is 2.10. The second kappa shape index (κ2) is 4.21. The summed E-state index contributed by atoms with van der Waals surface area (Å²) < 4.78 is 9.88. The van der Waals surface area contributed by atoms with E-state index in [-0.39, 0.29) is 11.8 Å². The molecule has 4 heteroatoms. The van der Waals surface area contributed by atoms with E-state index in [9.17, 15) is 9.59 Å². The van der Waals surface area contributed by atoms with Gasteiger partial charge in [-0.05, 0) is 25.7 Å². The Bertz CT molecular complexity index is 244. The van der Waals surface area contributed by atoms with Gasteiger partial charge in [0.1, 0.15) is 0 Å². The van der Waals surface area contributed by atoms with E-state index in [4.69, 9.17) is 9.47 Å². The Balaban J connectivity index is 2.82. The molecule has 0 N–H and O–H groups in total. The van der Waals surface area contributed by atoms with E-state index in [0.717, 1.165) is 0 Å². The van der Waals surface area contributed by atoms with Crippen LogP contribution in [-0.4, -0.2) is 25.2 Å². The molecule has 4 nitrogen and oxygen atoms in total. The second-order valence-electron chi connectivity index (χ2n) is 3.89. The van der Waals surface area contributed by atoms with Gasteiger partial charge in [-0.1, -0.05) is 13.8 Å². The van der Waals surface area contributed by atoms with Crippen LogP contribution in [0.1, 0.15) is 27.7 Å². The van der Waals surface area contributed by atoms with Gasteiger partial charge in [0.15, 0.2) is 5.41 Å². The van der Waals surface area contributed by atoms with Crippen molar-refractivity contribution >= 4 is 11.9 Å². The highest BCUT2D eigenvalue weighted by Crippen LogP contribution is 2.59. The highest BCUT2D eigenvalue weighted by atomic mass is 16.6. The van der Waals surface area contributed by atoms with Crippen LogP contribution in [0.2, 0.25) is 0 Å². The van der Waals surface area contributed by atoms with Crippen LogP contribution in [0.15, 0.2) is 0 Å². The Morgan fingerprint density at radius 1 is 1.00 bits per heavy atom. The van der Waals surface area contributed by atoms with Crippen LogP contribution >= 0.6 is 0 Å². The molecular formula is C11H18O4. The second-order valence-corrected chi connectivity index (χ2v) is 3.89. The third-order valence-corrected chi connectivity index (χ3v) is 3.30. The number of esters is 2. The smallest absolute Gasteiger partial charge is 0.324 e. The molecule has 1 aliphatic rings. The minimum atomic E-state index is -1.04. The first-order valence-electron chi connectivity index (χ1n) is 5.37. The third kappa shape index (κ3) is 1.62. The average molecular weight is 214 g/mol. The van der Waals surface area contributed by atoms with Crippen molar-refractivity contribution in [3.63, 3.8) is 0 Å². The molecule has 0 bridgehead atoms. The van der Waals surface area contributed by atoms with Crippen molar-refractivity contribution in [2.75, 3.05) is 13.2 Å². The first-order valence-corrected chi connectivity index (χ1v) is 5.37. The number of hydrogen-bond donors (Lipinski definition) is 0. The first-order chi connectivity index (χ1) is 7.03. The van der Waals surface area contributed by atoms with Crippen molar-refractivity contribution in [3.8, 4) is 0 Å². The van der Waals surface area contributed by atoms with Crippen LogP contribution in [-0.2, 0) is 19.1 Å². The predicted octanol–water partition coefficient (Wildman–Crippen LogP) is 1.38. The fraction of sp³-hybridized carbons (Fsp3) is 0.818. The summed E-state index contributed by atoms with van der Waals surface area (Å²) in [7, 11) is 0. The number of ether oxygens (including phenoxy) is 2. The van der Waals surface area contributed by atoms with Crippen molar-refractivity contribution in [1.82, 2.24) is 0 Å². The summed E-state index contributed by atoms with van der Waals surface area (Å²) in [5.74, 6) is -0.863. The van der Waals surface area contributed by atoms with Crippen LogP contribution in [0.25, 0.3) is 0 Å². The van der Waals surface area contributed by atoms with E-state index in [1.54, 1.807) is 13.8 Å². The third-order valence-electron chi connectivity index (χ3n) is 3.30. The minimum Gasteiger partial charge on any atom is -0.465 e. The largest absolute Gasteiger partial charge is 0.465 e. The molecule has 86 valence electrons. The van der Waals surface area contributed by atoms with Gasteiger partial charge in [0, 0.05) is 0 Å². The number of rotatable bonds is 4. The molecule has 0 saturated heterocycles. The maximum Gasteiger partial charge on any atom is 0.324 e. The number of carbonyl (C=O) groups excluding carboxylic acids is 2. The molecule has 0 heterocycles. The molecule has 1 rings (SSSR count). The van der Waals surface area contributed by atoms with E-state index in [1.807, 2.05) is 13.8 Å². The molecule has 1 fully saturated rings. The molecule has 1 saturated carbocycles. The Kier molecular flexibility index (Phi) is 3.37. The summed E-state index contributed by atoms with van der Waals surface area (Å²) in [5.41, 5.74) is -1.04. The van der Waals surface area contributed by atoms with Crippen LogP contribution in [0.5, 0.6) is 0 Å². The Labute approximate surface area is 89.9 Å². The number of carbonyl (C=O) groups is 2. The molecule has 0 aromatic heterocycles. The molecule has 0 aromatic rings. The van der Waals surface area contributed by atoms with E-state index >= 15 is 0 Å². The van der Waals surface area contributed by atoms with Gasteiger partial charge >= 0.3 is 11.9 Å². The van der Waals surface area contributed by atoms with E-state index in [1.165, 1.54) is 0 Å². The highest BCUT2D eigenvalue weighted by Gasteiger charge is 2.72. The highest BCUT2D eigenvalue weighted by molar-refractivity contribution is 6.04. The summed E-state index contributed by atoms with van der Waals surface area (Å²) in [6.45, 7) is 7.79. The summed E-state index contributed by atoms with van der Waals surface area (Å²) >= 11 is 0. The quantitative estimate of drug-likeness (QED) is 0.524. The average Bonchev–Trinajstić information content (AvgIpc) is 2.72. The molecule has 0 aliphatic heterocycles. The molecule has 15 heavy (non-hydrogen) atoms. The summed E-state index contributed by atoms with van der Waals surface area (Å²) in [5, 5.41) is 0. The molecule has 2 atom stereocenters. The van der Waals surface area contributed by atoms with E-state index < -0.39 is 17.4 Å². The SMILES string of the molecule is CCOC(=O)C1(C(=O)OCC)[C@@H](C)[C@@H]1C. The van der Waals surface area contributed by atoms with Crippen molar-refractivity contribution < 1.29 is 19.1 Å². The van der Waals surface area contributed by atoms with E-state index in [2.05, 4.69) is 0 Å². The molecule has 1 aliphatic carbocycles. The van der Waals surface area contributed by atoms with E-state index in [0.29, 0.717) is 13.2 Å². The molecule has 0 unspecified atom stereocenters. The number of hydrogen-bond acceptors (Lipinski definition) is 4. The van der Waals surface area contributed by atoms with Crippen molar-refractivity contribution in [3.05, 3.63) is 0 Å². The van der Waals surface area contributed by atoms with Gasteiger partial charge in [0.25, 0.3) is 0 Å². The molecule has 0 radical (unpaired) electrons. The zero-order valence-corrected chi connectivity index (χ0v) is 9.70. The van der Waals surface area contributed by atoms with Crippen LogP contribution in [0, 0.1) is 17.3 Å². The first kappa shape index (κ1) is 12.0. The Morgan fingerprint density at radius 2 is 1.33 bits per heavy atom. The van der Waals surface area contributed by atoms with Gasteiger partial charge < -0.3 is 9.47 Å². The molecule has 0 aromatic carbocycles. The maximum absolute atomic E-state index is 11.7. The van der Waals surface area contributed by atoms with Gasteiger partial charge in [-0.2, -0.15) is 0 Å². The molecule has 0 spiro atoms. The van der Waals surface area contributed by atoms with Gasteiger partial charge in [-0.25, -0.2) is 0 Å². The Hall–Kier alpha value is -1.06. The van der Waals surface area contributed by atoms with Gasteiger partial charge in [-0.3, -0.25) is 9.59 Å². The van der Waals surface area contributed by atoms with Crippen molar-refractivity contribution in [1.29, 1.82) is 0 Å². The summed E-state index contributed by atoms with van der Waals surface area (Å²) in [6.07, 6.45) is 0. The lowest BCUT2D eigenvalue weighted by atomic mass is 10.0. The van der Waals surface area contributed by atoms with Gasteiger partial charge in [0.2, 0.25) is 0 Å². The van der Waals surface area contributed by atoms with Crippen LogP contribution in [0.4, 0.5) is 0 Å². The predicted molar refractivity (Wildman–Crippen MR) is 54.0 cm³/mol. The standard InChI is InChI=1S/C11H18O4/c1-5-14-9(12)11(7(3)8(11)4)10(13)15-6-2/h7-8H,5-6H2,1-4H3/t7-,8-/m0/s1. The maximum atomic E-state index is 11.7. The van der Waals surface area contributed by atoms with Crippen LogP contribution < -0.4 is 0 Å². The lowest BCUT2D eigenvalue weighted by Crippen LogP contribution is -2.32. The minimum absolute atomic E-state index is 0.00981. The summed E-state index contributed by atoms with van der Waals surface area (Å²) in [4.78, 5) is 23.5. The summed E-state index contributed by atoms with van der Waals surface area (Å²) in [6, 6.07) is 0. The normalized spacial score (nSPS) is 26.9. The monoisotopic (exact) mass is 214 g/mol. The van der Waals surface area contributed by atoms with Crippen molar-refractivity contribution in [2.45, 2.75) is 27.7 Å². The fourth-order valence-electron chi connectivity index (χ4n) is 2.10. The lowest BCUT2D eigenvalue weighted by Gasteiger charge is -2.14. The van der Waals surface area contributed by atoms with Crippen molar-refractivity contribution in [2.24, 2.45) is 17.3 Å². The van der Waals surface area contributed by atoms with Gasteiger partial charge in [-0.15, -0.1) is 0 Å². The zero-order chi connectivity index (χ0) is 11.6.